The van der Waals surface area contributed by atoms with E-state index in [4.69, 9.17) is 23.7 Å². The van der Waals surface area contributed by atoms with E-state index in [2.05, 4.69) is 0 Å². The lowest BCUT2D eigenvalue weighted by atomic mass is 9.82. The molecular weight excluding hydrogens is 426 g/mol. The van der Waals surface area contributed by atoms with Crippen LogP contribution < -0.4 is 14.2 Å². The summed E-state index contributed by atoms with van der Waals surface area (Å²) in [6.07, 6.45) is 3.35. The van der Waals surface area contributed by atoms with E-state index >= 15 is 0 Å². The molecule has 1 heterocycles. The molecule has 8 heteroatoms. The molecule has 0 fully saturated rings. The van der Waals surface area contributed by atoms with Gasteiger partial charge in [0.25, 0.3) is 0 Å². The van der Waals surface area contributed by atoms with Crippen molar-refractivity contribution in [2.24, 2.45) is 0 Å². The van der Waals surface area contributed by atoms with E-state index < -0.39 is 17.9 Å². The summed E-state index contributed by atoms with van der Waals surface area (Å²) in [5.41, 5.74) is 2.06. The Labute approximate surface area is 192 Å². The van der Waals surface area contributed by atoms with Crippen molar-refractivity contribution in [1.29, 1.82) is 0 Å². The summed E-state index contributed by atoms with van der Waals surface area (Å²) in [7, 11) is 7.26. The molecule has 33 heavy (non-hydrogen) atoms. The van der Waals surface area contributed by atoms with Gasteiger partial charge in [0.2, 0.25) is 0 Å². The van der Waals surface area contributed by atoms with Crippen LogP contribution in [0.25, 0.3) is 0 Å². The van der Waals surface area contributed by atoms with Crippen LogP contribution in [-0.4, -0.2) is 52.4 Å². The summed E-state index contributed by atoms with van der Waals surface area (Å²) in [5.74, 6) is -0.131. The van der Waals surface area contributed by atoms with E-state index in [0.29, 0.717) is 23.6 Å². The lowest BCUT2D eigenvalue weighted by molar-refractivity contribution is -0.137. The van der Waals surface area contributed by atoms with Gasteiger partial charge in [0, 0.05) is 24.5 Å². The Morgan fingerprint density at radius 2 is 1.30 bits per heavy atom. The van der Waals surface area contributed by atoms with Crippen molar-refractivity contribution in [2.75, 3.05) is 35.5 Å². The number of benzene rings is 2. The fraction of sp³-hybridized carbons (Fsp3) is 0.280. The molecule has 2 aromatic rings. The molecule has 0 saturated heterocycles. The van der Waals surface area contributed by atoms with Crippen molar-refractivity contribution < 1.29 is 33.3 Å². The highest BCUT2D eigenvalue weighted by Gasteiger charge is 2.37. The number of nitrogens with zero attached hydrogens (tertiary/aromatic N) is 1. The number of rotatable bonds is 8. The molecule has 1 aliphatic rings. The van der Waals surface area contributed by atoms with Gasteiger partial charge < -0.3 is 28.6 Å². The zero-order valence-corrected chi connectivity index (χ0v) is 19.3. The van der Waals surface area contributed by atoms with E-state index in [1.165, 1.54) is 28.4 Å². The lowest BCUT2D eigenvalue weighted by Crippen LogP contribution is -2.28. The van der Waals surface area contributed by atoms with Gasteiger partial charge in [-0.2, -0.15) is 0 Å². The molecule has 1 aliphatic heterocycles. The average molecular weight is 453 g/mol. The molecule has 0 aliphatic carbocycles. The van der Waals surface area contributed by atoms with Gasteiger partial charge in [0.15, 0.2) is 0 Å². The van der Waals surface area contributed by atoms with Crippen LogP contribution in [0.15, 0.2) is 66.0 Å². The summed E-state index contributed by atoms with van der Waals surface area (Å²) in [4.78, 5) is 27.5. The predicted octanol–water partition coefficient (Wildman–Crippen LogP) is 3.43. The lowest BCUT2D eigenvalue weighted by Gasteiger charge is -2.31. The van der Waals surface area contributed by atoms with Crippen LogP contribution in [0.5, 0.6) is 17.2 Å². The van der Waals surface area contributed by atoms with Crippen LogP contribution in [0.1, 0.15) is 17.0 Å². The first-order valence-corrected chi connectivity index (χ1v) is 10.2. The van der Waals surface area contributed by atoms with Crippen molar-refractivity contribution in [3.8, 4) is 17.2 Å². The molecule has 3 rings (SSSR count). The summed E-state index contributed by atoms with van der Waals surface area (Å²) in [6, 6.07) is 12.7. The van der Waals surface area contributed by atoms with E-state index in [1.807, 2.05) is 24.3 Å². The number of esters is 2. The molecule has 0 atom stereocenters. The predicted molar refractivity (Wildman–Crippen MR) is 121 cm³/mol. The number of carbonyl (C=O) groups is 2. The van der Waals surface area contributed by atoms with Crippen molar-refractivity contribution in [3.05, 3.63) is 77.1 Å². The second-order valence-corrected chi connectivity index (χ2v) is 7.21. The fourth-order valence-electron chi connectivity index (χ4n) is 3.72. The van der Waals surface area contributed by atoms with Gasteiger partial charge in [-0.1, -0.05) is 12.1 Å². The first-order valence-electron chi connectivity index (χ1n) is 10.2. The summed E-state index contributed by atoms with van der Waals surface area (Å²) in [5, 5.41) is 0. The standard InChI is InChI=1S/C25H27NO7/c1-29-17-8-6-16(7-9-17)13-26-14-20(24(27)32-4)23(21(15-26)25(28)33-5)19-12-18(30-2)10-11-22(19)31-3/h6-12,14-15,23H,13H2,1-5H3. The highest BCUT2D eigenvalue weighted by molar-refractivity contribution is 5.98. The smallest absolute Gasteiger partial charge is 0.336 e. The van der Waals surface area contributed by atoms with Gasteiger partial charge in [-0.3, -0.25) is 0 Å². The average Bonchev–Trinajstić information content (AvgIpc) is 2.87. The van der Waals surface area contributed by atoms with Crippen molar-refractivity contribution in [1.82, 2.24) is 4.90 Å². The zero-order valence-electron chi connectivity index (χ0n) is 19.3. The quantitative estimate of drug-likeness (QED) is 0.563. The van der Waals surface area contributed by atoms with E-state index in [9.17, 15) is 9.59 Å². The van der Waals surface area contributed by atoms with Crippen molar-refractivity contribution in [3.63, 3.8) is 0 Å². The molecule has 0 amide bonds. The molecule has 0 radical (unpaired) electrons. The first-order chi connectivity index (χ1) is 15.9. The van der Waals surface area contributed by atoms with Crippen molar-refractivity contribution >= 4 is 11.9 Å². The summed E-state index contributed by atoms with van der Waals surface area (Å²) >= 11 is 0. The van der Waals surface area contributed by atoms with E-state index in [1.54, 1.807) is 42.6 Å². The fourth-order valence-corrected chi connectivity index (χ4v) is 3.72. The van der Waals surface area contributed by atoms with Crippen molar-refractivity contribution in [2.45, 2.75) is 12.5 Å². The Hall–Kier alpha value is -3.94. The van der Waals surface area contributed by atoms with Crippen LogP contribution in [0, 0.1) is 0 Å². The third-order valence-corrected chi connectivity index (χ3v) is 5.35. The molecule has 0 saturated carbocycles. The number of hydrogen-bond donors (Lipinski definition) is 0. The molecule has 0 aromatic heterocycles. The van der Waals surface area contributed by atoms with E-state index in [0.717, 1.165) is 11.3 Å². The van der Waals surface area contributed by atoms with Gasteiger partial charge >= 0.3 is 11.9 Å². The van der Waals surface area contributed by atoms with Crippen LogP contribution >= 0.6 is 0 Å². The number of hydrogen-bond acceptors (Lipinski definition) is 8. The number of methoxy groups -OCH3 is 5. The van der Waals surface area contributed by atoms with Crippen LogP contribution in [0.2, 0.25) is 0 Å². The maximum absolute atomic E-state index is 12.9. The zero-order chi connectivity index (χ0) is 24.0. The molecule has 0 unspecified atom stereocenters. The molecule has 8 nitrogen and oxygen atoms in total. The van der Waals surface area contributed by atoms with Gasteiger partial charge in [0.1, 0.15) is 17.2 Å². The molecule has 174 valence electrons. The third kappa shape index (κ3) is 5.11. The minimum absolute atomic E-state index is 0.264. The van der Waals surface area contributed by atoms with Gasteiger partial charge in [0.05, 0.1) is 52.6 Å². The van der Waals surface area contributed by atoms with Crippen LogP contribution in [0.3, 0.4) is 0 Å². The highest BCUT2D eigenvalue weighted by atomic mass is 16.5. The monoisotopic (exact) mass is 453 g/mol. The summed E-state index contributed by atoms with van der Waals surface area (Å²) in [6.45, 7) is 0.410. The first kappa shape index (κ1) is 23.7. The van der Waals surface area contributed by atoms with Crippen LogP contribution in [0.4, 0.5) is 0 Å². The van der Waals surface area contributed by atoms with Gasteiger partial charge in [-0.25, -0.2) is 9.59 Å². The molecule has 0 bridgehead atoms. The maximum atomic E-state index is 12.9. The SMILES string of the molecule is COC(=O)C1=CN(Cc2ccc(OC)cc2)C=C(C(=O)OC)C1c1cc(OC)ccc1OC. The molecular formula is C25H27NO7. The Bertz CT molecular complexity index is 1040. The molecule has 0 N–H and O–H groups in total. The Morgan fingerprint density at radius 1 is 0.758 bits per heavy atom. The number of carbonyl (C=O) groups excluding carboxylic acids is 2. The van der Waals surface area contributed by atoms with Crippen LogP contribution in [-0.2, 0) is 25.6 Å². The second-order valence-electron chi connectivity index (χ2n) is 7.21. The highest BCUT2D eigenvalue weighted by Crippen LogP contribution is 2.42. The molecule has 2 aromatic carbocycles. The Morgan fingerprint density at radius 3 is 1.79 bits per heavy atom. The normalized spacial score (nSPS) is 13.5. The minimum Gasteiger partial charge on any atom is -0.497 e. The third-order valence-electron chi connectivity index (χ3n) is 5.35. The minimum atomic E-state index is -0.776. The largest absolute Gasteiger partial charge is 0.497 e. The Kier molecular flexibility index (Phi) is 7.61. The number of ether oxygens (including phenoxy) is 5. The maximum Gasteiger partial charge on any atom is 0.336 e. The van der Waals surface area contributed by atoms with Gasteiger partial charge in [-0.05, 0) is 35.9 Å². The second kappa shape index (κ2) is 10.6. The topological polar surface area (TPSA) is 83.5 Å². The van der Waals surface area contributed by atoms with E-state index in [-0.39, 0.29) is 11.1 Å². The molecule has 0 spiro atoms. The summed E-state index contributed by atoms with van der Waals surface area (Å²) < 4.78 is 26.2. The van der Waals surface area contributed by atoms with Gasteiger partial charge in [-0.15, -0.1) is 0 Å². The Balaban J connectivity index is 2.12.